The van der Waals surface area contributed by atoms with Crippen molar-refractivity contribution in [3.63, 3.8) is 0 Å². The van der Waals surface area contributed by atoms with Crippen molar-refractivity contribution in [3.05, 3.63) is 36.2 Å². The minimum absolute atomic E-state index is 0.201. The predicted molar refractivity (Wildman–Crippen MR) is 67.8 cm³/mol. The minimum atomic E-state index is -3.24. The third-order valence-corrected chi connectivity index (χ3v) is 3.51. The van der Waals surface area contributed by atoms with E-state index in [1.165, 1.54) is 18.4 Å². The molecule has 18 heavy (non-hydrogen) atoms. The normalized spacial score (nSPS) is 11.4. The summed E-state index contributed by atoms with van der Waals surface area (Å²) in [4.78, 5) is 0.201. The van der Waals surface area contributed by atoms with Gasteiger partial charge in [-0.05, 0) is 18.2 Å². The third-order valence-electron chi connectivity index (χ3n) is 2.40. The zero-order valence-electron chi connectivity index (χ0n) is 9.75. The lowest BCUT2D eigenvalue weighted by molar-refractivity contribution is 0.412. The maximum atomic E-state index is 11.3. The van der Waals surface area contributed by atoms with E-state index in [4.69, 9.17) is 10.3 Å². The third kappa shape index (κ3) is 2.80. The average Bonchev–Trinajstić information content (AvgIpc) is 2.79. The molecule has 6 nitrogen and oxygen atoms in total. The molecule has 0 saturated carbocycles. The zero-order chi connectivity index (χ0) is 13.2. The monoisotopic (exact) mass is 267 g/mol. The highest BCUT2D eigenvalue weighted by molar-refractivity contribution is 7.90. The van der Waals surface area contributed by atoms with Gasteiger partial charge in [0.2, 0.25) is 0 Å². The van der Waals surface area contributed by atoms with Gasteiger partial charge < -0.3 is 15.6 Å². The van der Waals surface area contributed by atoms with Crippen LogP contribution in [0.1, 0.15) is 5.69 Å². The molecule has 2 aromatic rings. The summed E-state index contributed by atoms with van der Waals surface area (Å²) in [6.45, 7) is 0.457. The summed E-state index contributed by atoms with van der Waals surface area (Å²) >= 11 is 0. The molecular formula is C11H13N3O3S. The summed E-state index contributed by atoms with van der Waals surface area (Å²) in [7, 11) is -3.24. The minimum Gasteiger partial charge on any atom is -0.397 e. The Morgan fingerprint density at radius 2 is 2.17 bits per heavy atom. The van der Waals surface area contributed by atoms with Crippen molar-refractivity contribution >= 4 is 21.2 Å². The standard InChI is InChI=1S/C11H13N3O3S/c1-18(15,16)9-2-3-11(10(12)6-9)13-7-8-4-5-17-14-8/h2-6,13H,7,12H2,1H3. The quantitative estimate of drug-likeness (QED) is 0.809. The molecule has 0 amide bonds. The molecule has 0 unspecified atom stereocenters. The fourth-order valence-corrected chi connectivity index (χ4v) is 2.10. The smallest absolute Gasteiger partial charge is 0.175 e. The summed E-state index contributed by atoms with van der Waals surface area (Å²) in [5, 5.41) is 6.80. The highest BCUT2D eigenvalue weighted by Crippen LogP contribution is 2.22. The number of nitrogens with zero attached hydrogens (tertiary/aromatic N) is 1. The van der Waals surface area contributed by atoms with Crippen LogP contribution in [-0.2, 0) is 16.4 Å². The van der Waals surface area contributed by atoms with Crippen LogP contribution in [0.3, 0.4) is 0 Å². The van der Waals surface area contributed by atoms with Gasteiger partial charge in [-0.2, -0.15) is 0 Å². The first-order chi connectivity index (χ1) is 8.47. The fraction of sp³-hybridized carbons (Fsp3) is 0.182. The summed E-state index contributed by atoms with van der Waals surface area (Å²) in [6, 6.07) is 6.30. The van der Waals surface area contributed by atoms with E-state index in [2.05, 4.69) is 10.5 Å². The second-order valence-corrected chi connectivity index (χ2v) is 5.88. The lowest BCUT2D eigenvalue weighted by Crippen LogP contribution is -2.04. The van der Waals surface area contributed by atoms with E-state index in [0.717, 1.165) is 11.9 Å². The molecule has 2 rings (SSSR count). The summed E-state index contributed by atoms with van der Waals surface area (Å²) < 4.78 is 27.4. The number of nitrogens with one attached hydrogen (secondary N) is 1. The number of sulfone groups is 1. The van der Waals surface area contributed by atoms with Gasteiger partial charge in [-0.3, -0.25) is 0 Å². The number of aromatic nitrogens is 1. The van der Waals surface area contributed by atoms with Gasteiger partial charge in [-0.15, -0.1) is 0 Å². The molecule has 0 fully saturated rings. The van der Waals surface area contributed by atoms with E-state index < -0.39 is 9.84 Å². The first-order valence-electron chi connectivity index (χ1n) is 5.19. The van der Waals surface area contributed by atoms with E-state index in [1.54, 1.807) is 12.1 Å². The number of anilines is 2. The molecule has 0 aliphatic heterocycles. The van der Waals surface area contributed by atoms with Crippen LogP contribution in [0.2, 0.25) is 0 Å². The van der Waals surface area contributed by atoms with Crippen molar-refractivity contribution in [3.8, 4) is 0 Å². The van der Waals surface area contributed by atoms with Crippen molar-refractivity contribution in [2.45, 2.75) is 11.4 Å². The van der Waals surface area contributed by atoms with Crippen LogP contribution in [0.25, 0.3) is 0 Å². The Bertz CT molecular complexity index is 636. The molecule has 0 saturated heterocycles. The SMILES string of the molecule is CS(=O)(=O)c1ccc(NCc2ccon2)c(N)c1. The van der Waals surface area contributed by atoms with Crippen molar-refractivity contribution in [1.29, 1.82) is 0 Å². The molecule has 7 heteroatoms. The lowest BCUT2D eigenvalue weighted by Gasteiger charge is -2.09. The van der Waals surface area contributed by atoms with Crippen molar-refractivity contribution < 1.29 is 12.9 Å². The molecule has 0 aliphatic carbocycles. The molecule has 0 radical (unpaired) electrons. The van der Waals surface area contributed by atoms with Gasteiger partial charge in [0, 0.05) is 12.3 Å². The van der Waals surface area contributed by atoms with Crippen LogP contribution in [0, 0.1) is 0 Å². The van der Waals surface area contributed by atoms with Crippen LogP contribution < -0.4 is 11.1 Å². The van der Waals surface area contributed by atoms with Crippen molar-refractivity contribution in [2.24, 2.45) is 0 Å². The van der Waals surface area contributed by atoms with Crippen LogP contribution in [0.15, 0.2) is 39.9 Å². The predicted octanol–water partition coefficient (Wildman–Crippen LogP) is 1.27. The molecule has 0 atom stereocenters. The fourth-order valence-electron chi connectivity index (χ4n) is 1.45. The topological polar surface area (TPSA) is 98.2 Å². The Morgan fingerprint density at radius 3 is 2.72 bits per heavy atom. The molecule has 1 aromatic carbocycles. The molecule has 3 N–H and O–H groups in total. The molecule has 0 bridgehead atoms. The second-order valence-electron chi connectivity index (χ2n) is 3.87. The highest BCUT2D eigenvalue weighted by atomic mass is 32.2. The Labute approximate surface area is 105 Å². The van der Waals surface area contributed by atoms with E-state index in [9.17, 15) is 8.42 Å². The van der Waals surface area contributed by atoms with E-state index in [-0.39, 0.29) is 4.90 Å². The van der Waals surface area contributed by atoms with Gasteiger partial charge >= 0.3 is 0 Å². The molecule has 0 aliphatic rings. The zero-order valence-corrected chi connectivity index (χ0v) is 10.6. The Morgan fingerprint density at radius 1 is 1.39 bits per heavy atom. The van der Waals surface area contributed by atoms with Crippen LogP contribution >= 0.6 is 0 Å². The Balaban J connectivity index is 2.15. The summed E-state index contributed by atoms with van der Waals surface area (Å²) in [6.07, 6.45) is 2.62. The Kier molecular flexibility index (Phi) is 3.24. The van der Waals surface area contributed by atoms with Gasteiger partial charge in [0.25, 0.3) is 0 Å². The van der Waals surface area contributed by atoms with Gasteiger partial charge in [-0.1, -0.05) is 5.16 Å². The summed E-state index contributed by atoms with van der Waals surface area (Å²) in [5.41, 5.74) is 7.56. The first-order valence-corrected chi connectivity index (χ1v) is 7.08. The molecule has 1 heterocycles. The van der Waals surface area contributed by atoms with Crippen molar-refractivity contribution in [2.75, 3.05) is 17.3 Å². The van der Waals surface area contributed by atoms with E-state index in [0.29, 0.717) is 17.9 Å². The van der Waals surface area contributed by atoms with Gasteiger partial charge in [-0.25, -0.2) is 8.42 Å². The first kappa shape index (κ1) is 12.4. The molecule has 96 valence electrons. The number of hydrogen-bond donors (Lipinski definition) is 2. The van der Waals surface area contributed by atoms with Gasteiger partial charge in [0.05, 0.1) is 22.8 Å². The second kappa shape index (κ2) is 4.69. The Hall–Kier alpha value is -2.02. The van der Waals surface area contributed by atoms with E-state index in [1.807, 2.05) is 0 Å². The van der Waals surface area contributed by atoms with Gasteiger partial charge in [0.15, 0.2) is 9.84 Å². The maximum Gasteiger partial charge on any atom is 0.175 e. The number of nitrogens with two attached hydrogens (primary N) is 1. The highest BCUT2D eigenvalue weighted by Gasteiger charge is 2.09. The van der Waals surface area contributed by atoms with Crippen LogP contribution in [-0.4, -0.2) is 19.8 Å². The van der Waals surface area contributed by atoms with Crippen LogP contribution in [0.4, 0.5) is 11.4 Å². The van der Waals surface area contributed by atoms with Gasteiger partial charge in [0.1, 0.15) is 12.0 Å². The number of rotatable bonds is 4. The van der Waals surface area contributed by atoms with E-state index >= 15 is 0 Å². The largest absolute Gasteiger partial charge is 0.397 e. The molecule has 0 spiro atoms. The number of benzene rings is 1. The number of hydrogen-bond acceptors (Lipinski definition) is 6. The molecular weight excluding hydrogens is 254 g/mol. The maximum absolute atomic E-state index is 11.3. The number of nitrogen functional groups attached to an aromatic ring is 1. The van der Waals surface area contributed by atoms with Crippen molar-refractivity contribution in [1.82, 2.24) is 5.16 Å². The average molecular weight is 267 g/mol. The van der Waals surface area contributed by atoms with Crippen LogP contribution in [0.5, 0.6) is 0 Å². The summed E-state index contributed by atoms with van der Waals surface area (Å²) in [5.74, 6) is 0. The molecule has 1 aromatic heterocycles. The lowest BCUT2D eigenvalue weighted by atomic mass is 10.2.